The maximum atomic E-state index is 3.20. The standard InChI is InChI=1S/C56H70BN3S/c1-38-33-51-54(61-38)57-47-35-41(39-21-9-4-10-22-39)34-46-53(47)60(55(2,3)56(46)31-19-8-20-32-56)50-37-44(58(42-25-13-6-14-26-42)43-27-15-7-16-28-43)36-49(52(50)57)59(51)48-30-18-17-29-45(48)40-23-11-5-12-24-40/h5-6,11-15,17-18,23,25-27,29-30,34-35,37-40,43-44,47,49,51-54H,4,7-10,16,19-22,24,28,31-33,36H2,1-3H3. The number of hydrogen-bond acceptors (Lipinski definition) is 4. The fourth-order valence-electron chi connectivity index (χ4n) is 16.1. The van der Waals surface area contributed by atoms with Crippen LogP contribution in [0, 0.1) is 11.3 Å². The quantitative estimate of drug-likeness (QED) is 0.212. The Bertz CT molecular complexity index is 2170. The van der Waals surface area contributed by atoms with Gasteiger partial charge in [0.1, 0.15) is 0 Å². The molecule has 61 heavy (non-hydrogen) atoms. The summed E-state index contributed by atoms with van der Waals surface area (Å²) in [5.41, 5.74) is 10.2. The molecule has 12 rings (SSSR count). The normalized spacial score (nSPS) is 36.8. The number of nitrogens with zero attached hydrogens (tertiary/aromatic N) is 3. The van der Waals surface area contributed by atoms with Gasteiger partial charge in [-0.1, -0.05) is 130 Å². The predicted molar refractivity (Wildman–Crippen MR) is 261 cm³/mol. The Balaban J connectivity index is 1.09. The molecule has 0 N–H and O–H groups in total. The molecule has 2 aromatic carbocycles. The number of para-hydroxylation sites is 2. The first-order valence-corrected chi connectivity index (χ1v) is 26.2. The average molecular weight is 828 g/mol. The molecule has 4 saturated heterocycles. The lowest BCUT2D eigenvalue weighted by atomic mass is 9.24. The van der Waals surface area contributed by atoms with E-state index < -0.39 is 0 Å². The van der Waals surface area contributed by atoms with E-state index >= 15 is 0 Å². The van der Waals surface area contributed by atoms with Crippen LogP contribution in [0.5, 0.6) is 0 Å². The summed E-state index contributed by atoms with van der Waals surface area (Å²) in [7, 11) is 0. The van der Waals surface area contributed by atoms with E-state index in [0.717, 1.165) is 12.3 Å². The van der Waals surface area contributed by atoms with E-state index in [4.69, 9.17) is 0 Å². The zero-order chi connectivity index (χ0) is 40.9. The lowest BCUT2D eigenvalue weighted by Gasteiger charge is -2.64. The van der Waals surface area contributed by atoms with Crippen LogP contribution in [0.1, 0.15) is 135 Å². The van der Waals surface area contributed by atoms with Crippen LogP contribution in [0.25, 0.3) is 0 Å². The van der Waals surface area contributed by atoms with Gasteiger partial charge in [-0.15, -0.1) is 0 Å². The van der Waals surface area contributed by atoms with Crippen LogP contribution in [0.4, 0.5) is 11.4 Å². The van der Waals surface area contributed by atoms with Crippen molar-refractivity contribution in [2.45, 2.75) is 187 Å². The molecule has 6 fully saturated rings. The maximum absolute atomic E-state index is 3.20. The van der Waals surface area contributed by atoms with E-state index in [2.05, 4.69) is 157 Å². The Hall–Kier alpha value is -3.31. The molecule has 2 saturated carbocycles. The minimum absolute atomic E-state index is 0.0541. The minimum atomic E-state index is 0.0541. The third-order valence-electron chi connectivity index (χ3n) is 18.5. The zero-order valence-electron chi connectivity index (χ0n) is 37.4. The average Bonchev–Trinajstić information content (AvgIpc) is 3.78. The Labute approximate surface area is 373 Å². The van der Waals surface area contributed by atoms with Crippen LogP contribution in [-0.4, -0.2) is 57.8 Å². The van der Waals surface area contributed by atoms with Crippen molar-refractivity contribution in [3.05, 3.63) is 132 Å². The molecule has 1 spiro atoms. The topological polar surface area (TPSA) is 9.72 Å². The van der Waals surface area contributed by atoms with Gasteiger partial charge in [0.05, 0.1) is 12.1 Å². The van der Waals surface area contributed by atoms with E-state index in [1.54, 1.807) is 22.5 Å². The van der Waals surface area contributed by atoms with Gasteiger partial charge in [-0.05, 0) is 137 Å². The summed E-state index contributed by atoms with van der Waals surface area (Å²) in [6.45, 7) is 8.71. The highest BCUT2D eigenvalue weighted by Gasteiger charge is 2.71. The molecule has 0 bridgehead atoms. The molecule has 0 radical (unpaired) electrons. The molecular weight excluding hydrogens is 758 g/mol. The van der Waals surface area contributed by atoms with Gasteiger partial charge in [-0.3, -0.25) is 0 Å². The van der Waals surface area contributed by atoms with Crippen molar-refractivity contribution in [3.63, 3.8) is 0 Å². The number of anilines is 2. The molecule has 0 amide bonds. The van der Waals surface area contributed by atoms with Crippen LogP contribution in [0.15, 0.2) is 126 Å². The summed E-state index contributed by atoms with van der Waals surface area (Å²) in [6.07, 6.45) is 44.6. The first kappa shape index (κ1) is 39.3. The molecule has 3 nitrogen and oxygen atoms in total. The number of fused-ring (bicyclic) bond motifs is 5. The number of benzene rings is 2. The number of rotatable bonds is 6. The molecule has 5 heteroatoms. The van der Waals surface area contributed by atoms with Gasteiger partial charge in [-0.2, -0.15) is 11.8 Å². The molecule has 6 aliphatic carbocycles. The van der Waals surface area contributed by atoms with Crippen molar-refractivity contribution in [1.29, 1.82) is 0 Å². The summed E-state index contributed by atoms with van der Waals surface area (Å²) < 4.78 is 0. The molecule has 4 heterocycles. The predicted octanol–water partition coefficient (Wildman–Crippen LogP) is 13.7. The summed E-state index contributed by atoms with van der Waals surface area (Å²) in [4.78, 5) is 9.26. The van der Waals surface area contributed by atoms with Crippen molar-refractivity contribution in [2.24, 2.45) is 11.3 Å². The molecule has 4 aliphatic heterocycles. The Morgan fingerprint density at radius 3 is 2.36 bits per heavy atom. The van der Waals surface area contributed by atoms with Gasteiger partial charge in [0.2, 0.25) is 0 Å². The van der Waals surface area contributed by atoms with Gasteiger partial charge in [-0.25, -0.2) is 0 Å². The number of allylic oxidation sites excluding steroid dienone is 7. The van der Waals surface area contributed by atoms with Gasteiger partial charge >= 0.3 is 0 Å². The molecule has 318 valence electrons. The van der Waals surface area contributed by atoms with Gasteiger partial charge in [0.25, 0.3) is 0 Å². The van der Waals surface area contributed by atoms with Crippen LogP contribution in [0.3, 0.4) is 0 Å². The van der Waals surface area contributed by atoms with Crippen molar-refractivity contribution in [2.75, 3.05) is 9.80 Å². The van der Waals surface area contributed by atoms with E-state index in [1.807, 2.05) is 5.57 Å². The van der Waals surface area contributed by atoms with E-state index in [9.17, 15) is 0 Å². The van der Waals surface area contributed by atoms with Crippen molar-refractivity contribution >= 4 is 29.8 Å². The summed E-state index contributed by atoms with van der Waals surface area (Å²) in [6, 6.07) is 23.6. The second kappa shape index (κ2) is 15.4. The van der Waals surface area contributed by atoms with Crippen molar-refractivity contribution in [1.82, 2.24) is 4.90 Å². The van der Waals surface area contributed by atoms with Gasteiger partial charge < -0.3 is 14.7 Å². The van der Waals surface area contributed by atoms with E-state index in [0.29, 0.717) is 64.9 Å². The molecule has 0 aromatic heterocycles. The van der Waals surface area contributed by atoms with Crippen LogP contribution < -0.4 is 9.80 Å². The third kappa shape index (κ3) is 6.10. The van der Waals surface area contributed by atoms with Gasteiger partial charge in [0.15, 0.2) is 6.71 Å². The molecule has 10 atom stereocenters. The largest absolute Gasteiger partial charge is 0.365 e. The lowest BCUT2D eigenvalue weighted by Crippen LogP contribution is -2.71. The first-order chi connectivity index (χ1) is 29.9. The van der Waals surface area contributed by atoms with E-state index in [1.165, 1.54) is 102 Å². The maximum Gasteiger partial charge on any atom is 0.180 e. The SMILES string of the molecule is CC1CC2C(S1)B1C3C=C(C4CCCCC4)C=C4C3N(C3=CC(N(c5ccccc5)C5C=CCCC5)CC(C13)N2c1ccccc1C1C=CC=CC1)C(C)(C)C41CCCCC1. The van der Waals surface area contributed by atoms with Crippen LogP contribution in [-0.2, 0) is 0 Å². The summed E-state index contributed by atoms with van der Waals surface area (Å²) in [5, 5.41) is 1.29. The minimum Gasteiger partial charge on any atom is -0.365 e. The van der Waals surface area contributed by atoms with Gasteiger partial charge in [0, 0.05) is 62.5 Å². The van der Waals surface area contributed by atoms with Crippen molar-refractivity contribution < 1.29 is 0 Å². The second-order valence-corrected chi connectivity index (χ2v) is 23.4. The Morgan fingerprint density at radius 2 is 1.57 bits per heavy atom. The molecule has 2 aromatic rings. The van der Waals surface area contributed by atoms with Crippen molar-refractivity contribution in [3.8, 4) is 0 Å². The molecule has 10 unspecified atom stereocenters. The smallest absolute Gasteiger partial charge is 0.180 e. The third-order valence-corrected chi connectivity index (χ3v) is 20.1. The summed E-state index contributed by atoms with van der Waals surface area (Å²) in [5.74, 6) is 2.27. The monoisotopic (exact) mass is 828 g/mol. The Morgan fingerprint density at radius 1 is 0.770 bits per heavy atom. The zero-order valence-corrected chi connectivity index (χ0v) is 38.2. The second-order valence-electron chi connectivity index (χ2n) is 21.8. The highest BCUT2D eigenvalue weighted by atomic mass is 32.2. The highest BCUT2D eigenvalue weighted by Crippen LogP contribution is 2.71. The fourth-order valence-corrected chi connectivity index (χ4v) is 17.9. The Kier molecular flexibility index (Phi) is 9.95. The van der Waals surface area contributed by atoms with Crippen LogP contribution in [0.2, 0.25) is 11.6 Å². The number of hydrogen-bond donors (Lipinski definition) is 0. The fraction of sp³-hybridized carbons (Fsp3) is 0.571. The number of thioether (sulfide) groups is 1. The molecule has 10 aliphatic rings. The highest BCUT2D eigenvalue weighted by molar-refractivity contribution is 8.02. The van der Waals surface area contributed by atoms with Crippen LogP contribution >= 0.6 is 11.8 Å². The lowest BCUT2D eigenvalue weighted by molar-refractivity contribution is 0.0505. The van der Waals surface area contributed by atoms with E-state index in [-0.39, 0.29) is 11.0 Å². The first-order valence-electron chi connectivity index (χ1n) is 25.2. The summed E-state index contributed by atoms with van der Waals surface area (Å²) >= 11 is 2.40. The molecular formula is C56H70BN3S.